The lowest BCUT2D eigenvalue weighted by atomic mass is 10.1. The molecule has 0 aliphatic heterocycles. The van der Waals surface area contributed by atoms with E-state index in [4.69, 9.17) is 5.73 Å². The minimum absolute atomic E-state index is 0.200. The Balaban J connectivity index is 1.57. The summed E-state index contributed by atoms with van der Waals surface area (Å²) in [5.74, 6) is -0.200. The molecule has 156 valence electrons. The zero-order valence-electron chi connectivity index (χ0n) is 18.0. The zero-order chi connectivity index (χ0) is 21.9. The molecule has 0 bridgehead atoms. The number of nitrogens with one attached hydrogen (secondary N) is 1. The van der Waals surface area contributed by atoms with E-state index in [2.05, 4.69) is 46.1 Å². The van der Waals surface area contributed by atoms with E-state index in [1.165, 1.54) is 22.2 Å². The zero-order valence-corrected chi connectivity index (χ0v) is 18.9. The van der Waals surface area contributed by atoms with Crippen LogP contribution >= 0.6 is 11.3 Å². The fourth-order valence-electron chi connectivity index (χ4n) is 4.40. The molecule has 0 spiro atoms. The number of pyridine rings is 1. The van der Waals surface area contributed by atoms with Crippen LogP contribution in [0.25, 0.3) is 32.0 Å². The number of hydrogen-bond acceptors (Lipinski definition) is 4. The van der Waals surface area contributed by atoms with Crippen molar-refractivity contribution in [3.8, 4) is 0 Å². The Kier molecular flexibility index (Phi) is 4.48. The second-order valence-corrected chi connectivity index (χ2v) is 8.92. The predicted molar refractivity (Wildman–Crippen MR) is 131 cm³/mol. The smallest absolute Gasteiger partial charge is 0.267 e. The molecule has 3 N–H and O–H groups in total. The van der Waals surface area contributed by atoms with Crippen LogP contribution in [0.5, 0.6) is 0 Å². The number of aryl methyl sites for hydroxylation is 3. The number of para-hydroxylation sites is 1. The number of benzene rings is 2. The lowest BCUT2D eigenvalue weighted by Gasteiger charge is -2.07. The first-order chi connectivity index (χ1) is 14.9. The molecule has 5 rings (SSSR count). The number of thiophene rings is 1. The van der Waals surface area contributed by atoms with Gasteiger partial charge >= 0.3 is 0 Å². The molecule has 2 aromatic carbocycles. The van der Waals surface area contributed by atoms with Crippen LogP contribution in [0.1, 0.15) is 33.4 Å². The number of nitrogens with zero attached hydrogens (tertiary/aromatic N) is 2. The van der Waals surface area contributed by atoms with Gasteiger partial charge in [0.05, 0.1) is 5.69 Å². The Labute approximate surface area is 184 Å². The fourth-order valence-corrected chi connectivity index (χ4v) is 5.49. The first-order valence-corrected chi connectivity index (χ1v) is 11.2. The molecule has 0 aliphatic carbocycles. The largest absolute Gasteiger partial charge is 0.397 e. The van der Waals surface area contributed by atoms with E-state index in [0.717, 1.165) is 50.2 Å². The van der Waals surface area contributed by atoms with Crippen LogP contribution in [0.3, 0.4) is 0 Å². The van der Waals surface area contributed by atoms with E-state index in [9.17, 15) is 4.79 Å². The number of amides is 1. The third-order valence-corrected chi connectivity index (χ3v) is 7.33. The molecule has 31 heavy (non-hydrogen) atoms. The van der Waals surface area contributed by atoms with Crippen molar-refractivity contribution in [1.29, 1.82) is 0 Å². The summed E-state index contributed by atoms with van der Waals surface area (Å²) in [5, 5.41) is 6.25. The summed E-state index contributed by atoms with van der Waals surface area (Å²) in [7, 11) is 0. The summed E-state index contributed by atoms with van der Waals surface area (Å²) in [6.45, 7) is 9.09. The van der Waals surface area contributed by atoms with Crippen molar-refractivity contribution in [1.82, 2.24) is 9.55 Å². The van der Waals surface area contributed by atoms with Crippen LogP contribution in [0.2, 0.25) is 0 Å². The highest BCUT2D eigenvalue weighted by atomic mass is 32.1. The number of nitrogen functional groups attached to an aromatic ring is 1. The van der Waals surface area contributed by atoms with Crippen molar-refractivity contribution in [2.45, 2.75) is 34.2 Å². The Hall–Kier alpha value is -3.38. The van der Waals surface area contributed by atoms with Crippen LogP contribution < -0.4 is 11.1 Å². The van der Waals surface area contributed by atoms with E-state index in [1.807, 2.05) is 39.0 Å². The molecule has 3 aromatic heterocycles. The Morgan fingerprint density at radius 3 is 2.58 bits per heavy atom. The second-order valence-electron chi connectivity index (χ2n) is 7.92. The second kappa shape index (κ2) is 7.10. The Morgan fingerprint density at radius 1 is 1.06 bits per heavy atom. The molecule has 5 aromatic rings. The molecule has 0 unspecified atom stereocenters. The number of hydrogen-bond donors (Lipinski definition) is 2. The molecule has 1 amide bonds. The van der Waals surface area contributed by atoms with Gasteiger partial charge in [-0.2, -0.15) is 0 Å². The molecule has 0 atom stereocenters. The summed E-state index contributed by atoms with van der Waals surface area (Å²) in [6.07, 6.45) is 0. The fraction of sp³-hybridized carbons (Fsp3) is 0.200. The van der Waals surface area contributed by atoms with Gasteiger partial charge in [-0.25, -0.2) is 4.98 Å². The normalized spacial score (nSPS) is 11.6. The van der Waals surface area contributed by atoms with Crippen molar-refractivity contribution in [3.05, 3.63) is 64.2 Å². The summed E-state index contributed by atoms with van der Waals surface area (Å²) in [4.78, 5) is 19.1. The van der Waals surface area contributed by atoms with Crippen LogP contribution in [-0.2, 0) is 6.54 Å². The van der Waals surface area contributed by atoms with Gasteiger partial charge in [-0.05, 0) is 63.1 Å². The summed E-state index contributed by atoms with van der Waals surface area (Å²) >= 11 is 1.35. The number of carbonyl (C=O) groups is 1. The maximum atomic E-state index is 13.1. The van der Waals surface area contributed by atoms with Crippen LogP contribution in [0, 0.1) is 20.8 Å². The topological polar surface area (TPSA) is 72.9 Å². The molecule has 3 heterocycles. The summed E-state index contributed by atoms with van der Waals surface area (Å²) < 4.78 is 2.29. The average Bonchev–Trinajstić information content (AvgIpc) is 3.26. The van der Waals surface area contributed by atoms with Gasteiger partial charge in [0.25, 0.3) is 5.91 Å². The van der Waals surface area contributed by atoms with Gasteiger partial charge in [0, 0.05) is 45.1 Å². The third kappa shape index (κ3) is 2.90. The SMILES string of the molecule is CCn1c2ccccc2c2cc(NC(=O)c3sc4nc(C)c(C)c(C)c4c3N)ccc21. The molecule has 0 saturated carbocycles. The Morgan fingerprint density at radius 2 is 1.81 bits per heavy atom. The number of anilines is 2. The van der Waals surface area contributed by atoms with Gasteiger partial charge in [0.1, 0.15) is 9.71 Å². The first kappa shape index (κ1) is 19.6. The minimum Gasteiger partial charge on any atom is -0.397 e. The molecule has 0 fully saturated rings. The van der Waals surface area contributed by atoms with E-state index in [-0.39, 0.29) is 5.91 Å². The number of nitrogens with two attached hydrogens (primary N) is 1. The highest BCUT2D eigenvalue weighted by Gasteiger charge is 2.21. The standard InChI is InChI=1S/C25H24N4OS/c1-5-29-19-9-7-6-8-17(19)18-12-16(10-11-20(18)29)28-24(30)23-22(26)21-14(3)13(2)15(4)27-25(21)31-23/h6-12H,5,26H2,1-4H3,(H,28,30). The monoisotopic (exact) mass is 428 g/mol. The van der Waals surface area contributed by atoms with Crippen molar-refractivity contribution < 1.29 is 4.79 Å². The van der Waals surface area contributed by atoms with Crippen molar-refractivity contribution in [2.75, 3.05) is 11.1 Å². The maximum Gasteiger partial charge on any atom is 0.267 e. The highest BCUT2D eigenvalue weighted by molar-refractivity contribution is 7.21. The van der Waals surface area contributed by atoms with Gasteiger partial charge in [0.2, 0.25) is 0 Å². The number of carbonyl (C=O) groups excluding carboxylic acids is 1. The minimum atomic E-state index is -0.200. The van der Waals surface area contributed by atoms with Crippen LogP contribution in [0.15, 0.2) is 42.5 Å². The van der Waals surface area contributed by atoms with Gasteiger partial charge in [-0.1, -0.05) is 18.2 Å². The highest BCUT2D eigenvalue weighted by Crippen LogP contribution is 2.37. The van der Waals surface area contributed by atoms with E-state index in [1.54, 1.807) is 0 Å². The molecular weight excluding hydrogens is 404 g/mol. The average molecular weight is 429 g/mol. The van der Waals surface area contributed by atoms with Gasteiger partial charge in [0.15, 0.2) is 0 Å². The summed E-state index contributed by atoms with van der Waals surface area (Å²) in [5.41, 5.74) is 13.2. The molecule has 5 nitrogen and oxygen atoms in total. The molecule has 0 saturated heterocycles. The molecule has 0 radical (unpaired) electrons. The van der Waals surface area contributed by atoms with Gasteiger partial charge < -0.3 is 15.6 Å². The molecule has 6 heteroatoms. The lowest BCUT2D eigenvalue weighted by molar-refractivity contribution is 0.103. The van der Waals surface area contributed by atoms with Crippen molar-refractivity contribution in [3.63, 3.8) is 0 Å². The van der Waals surface area contributed by atoms with E-state index < -0.39 is 0 Å². The Bertz CT molecular complexity index is 1510. The van der Waals surface area contributed by atoms with Gasteiger partial charge in [-0.3, -0.25) is 4.79 Å². The first-order valence-electron chi connectivity index (χ1n) is 10.4. The van der Waals surface area contributed by atoms with Gasteiger partial charge in [-0.15, -0.1) is 11.3 Å². The van der Waals surface area contributed by atoms with Crippen molar-refractivity contribution in [2.24, 2.45) is 0 Å². The number of rotatable bonds is 3. The van der Waals surface area contributed by atoms with Crippen molar-refractivity contribution >= 4 is 60.6 Å². The molecule has 0 aliphatic rings. The quantitative estimate of drug-likeness (QED) is 0.360. The lowest BCUT2D eigenvalue weighted by Crippen LogP contribution is -2.12. The number of aromatic nitrogens is 2. The van der Waals surface area contributed by atoms with Crippen LogP contribution in [-0.4, -0.2) is 15.5 Å². The van der Waals surface area contributed by atoms with E-state index >= 15 is 0 Å². The summed E-state index contributed by atoms with van der Waals surface area (Å²) in [6, 6.07) is 14.4. The predicted octanol–water partition coefficient (Wildman–Crippen LogP) is 6.18. The number of fused-ring (bicyclic) bond motifs is 4. The van der Waals surface area contributed by atoms with E-state index in [0.29, 0.717) is 10.6 Å². The van der Waals surface area contributed by atoms with Crippen LogP contribution in [0.4, 0.5) is 11.4 Å². The maximum absolute atomic E-state index is 13.1. The molecular formula is C25H24N4OS. The third-order valence-electron chi connectivity index (χ3n) is 6.23.